The van der Waals surface area contributed by atoms with Crippen molar-refractivity contribution >= 4 is 33.3 Å². The van der Waals surface area contributed by atoms with Crippen LogP contribution in [0.1, 0.15) is 37.1 Å². The standard InChI is InChI=1S/C21H24N2O2S2/c1-4-11-26-21-22-19-18(16-10-5-13(2)12-17(16)27-19)20(24)23(21)14-6-8-15(25-3)9-7-14/h6-9,13H,4-5,10-12H2,1-3H3. The van der Waals surface area contributed by atoms with Gasteiger partial charge in [-0.3, -0.25) is 9.36 Å². The minimum absolute atomic E-state index is 0.0656. The average molecular weight is 401 g/mol. The number of ether oxygens (including phenoxy) is 1. The Balaban J connectivity index is 1.93. The molecule has 6 heteroatoms. The van der Waals surface area contributed by atoms with Crippen molar-refractivity contribution in [1.82, 2.24) is 9.55 Å². The fraction of sp³-hybridized carbons (Fsp3) is 0.429. The number of methoxy groups -OCH3 is 1. The smallest absolute Gasteiger partial charge is 0.267 e. The van der Waals surface area contributed by atoms with E-state index in [1.54, 1.807) is 34.8 Å². The minimum atomic E-state index is 0.0656. The zero-order chi connectivity index (χ0) is 19.0. The van der Waals surface area contributed by atoms with E-state index in [4.69, 9.17) is 9.72 Å². The molecule has 1 unspecified atom stereocenters. The van der Waals surface area contributed by atoms with E-state index in [0.29, 0.717) is 5.92 Å². The van der Waals surface area contributed by atoms with Crippen molar-refractivity contribution < 1.29 is 4.74 Å². The second-order valence-electron chi connectivity index (χ2n) is 7.11. The first kappa shape index (κ1) is 18.6. The highest BCUT2D eigenvalue weighted by Gasteiger charge is 2.25. The summed E-state index contributed by atoms with van der Waals surface area (Å²) < 4.78 is 7.05. The molecular formula is C21H24N2O2S2. The molecule has 27 heavy (non-hydrogen) atoms. The van der Waals surface area contributed by atoms with Gasteiger partial charge < -0.3 is 4.74 Å². The van der Waals surface area contributed by atoms with E-state index in [1.165, 1.54) is 10.4 Å². The van der Waals surface area contributed by atoms with Gasteiger partial charge in [-0.05, 0) is 61.4 Å². The SMILES string of the molecule is CCCSc1nc2sc3c(c2c(=O)n1-c1ccc(OC)cc1)CCC(C)C3. The molecule has 0 saturated carbocycles. The maximum atomic E-state index is 13.6. The van der Waals surface area contributed by atoms with E-state index < -0.39 is 0 Å². The van der Waals surface area contributed by atoms with Crippen LogP contribution in [0, 0.1) is 5.92 Å². The molecule has 0 radical (unpaired) electrons. The summed E-state index contributed by atoms with van der Waals surface area (Å²) in [5, 5.41) is 1.62. The number of benzene rings is 1. The van der Waals surface area contributed by atoms with E-state index in [1.807, 2.05) is 24.3 Å². The van der Waals surface area contributed by atoms with Gasteiger partial charge >= 0.3 is 0 Å². The van der Waals surface area contributed by atoms with Gasteiger partial charge in [0, 0.05) is 10.6 Å². The molecule has 4 rings (SSSR count). The molecule has 0 saturated heterocycles. The largest absolute Gasteiger partial charge is 0.497 e. The number of hydrogen-bond acceptors (Lipinski definition) is 5. The summed E-state index contributed by atoms with van der Waals surface area (Å²) >= 11 is 3.37. The molecule has 1 aromatic carbocycles. The fourth-order valence-corrected chi connectivity index (χ4v) is 5.91. The normalized spacial score (nSPS) is 16.5. The van der Waals surface area contributed by atoms with Gasteiger partial charge in [-0.2, -0.15) is 0 Å². The molecule has 1 atom stereocenters. The maximum absolute atomic E-state index is 13.6. The van der Waals surface area contributed by atoms with E-state index in [9.17, 15) is 4.79 Å². The van der Waals surface area contributed by atoms with Crippen molar-refractivity contribution in [2.45, 2.75) is 44.7 Å². The van der Waals surface area contributed by atoms with Crippen LogP contribution in [0.3, 0.4) is 0 Å². The summed E-state index contributed by atoms with van der Waals surface area (Å²) in [5.41, 5.74) is 2.15. The van der Waals surface area contributed by atoms with Gasteiger partial charge in [-0.15, -0.1) is 11.3 Å². The second kappa shape index (κ2) is 7.68. The molecule has 0 fully saturated rings. The number of nitrogens with zero attached hydrogens (tertiary/aromatic N) is 2. The van der Waals surface area contributed by atoms with Crippen LogP contribution in [0.25, 0.3) is 15.9 Å². The van der Waals surface area contributed by atoms with Crippen molar-refractivity contribution in [3.8, 4) is 11.4 Å². The lowest BCUT2D eigenvalue weighted by atomic mass is 9.89. The van der Waals surface area contributed by atoms with Crippen LogP contribution in [0.4, 0.5) is 0 Å². The summed E-state index contributed by atoms with van der Waals surface area (Å²) in [6.45, 7) is 4.44. The Hall–Kier alpha value is -1.79. The highest BCUT2D eigenvalue weighted by Crippen LogP contribution is 2.37. The second-order valence-corrected chi connectivity index (χ2v) is 9.26. The van der Waals surface area contributed by atoms with Crippen LogP contribution >= 0.6 is 23.1 Å². The first-order valence-corrected chi connectivity index (χ1v) is 11.3. The molecule has 0 amide bonds. The minimum Gasteiger partial charge on any atom is -0.497 e. The Morgan fingerprint density at radius 3 is 2.81 bits per heavy atom. The van der Waals surface area contributed by atoms with E-state index in [2.05, 4.69) is 13.8 Å². The maximum Gasteiger partial charge on any atom is 0.267 e. The molecule has 2 aromatic heterocycles. The number of thioether (sulfide) groups is 1. The number of aryl methyl sites for hydroxylation is 1. The van der Waals surface area contributed by atoms with Gasteiger partial charge in [-0.25, -0.2) is 4.98 Å². The summed E-state index contributed by atoms with van der Waals surface area (Å²) in [4.78, 5) is 20.8. The topological polar surface area (TPSA) is 44.1 Å². The van der Waals surface area contributed by atoms with Crippen molar-refractivity contribution in [3.05, 3.63) is 45.1 Å². The van der Waals surface area contributed by atoms with Gasteiger partial charge in [-0.1, -0.05) is 25.6 Å². The molecule has 0 N–H and O–H groups in total. The lowest BCUT2D eigenvalue weighted by Crippen LogP contribution is -2.22. The van der Waals surface area contributed by atoms with Crippen LogP contribution in [-0.2, 0) is 12.8 Å². The Morgan fingerprint density at radius 1 is 1.33 bits per heavy atom. The summed E-state index contributed by atoms with van der Waals surface area (Å²) in [7, 11) is 1.65. The van der Waals surface area contributed by atoms with Crippen molar-refractivity contribution in [2.75, 3.05) is 12.9 Å². The molecule has 0 bridgehead atoms. The van der Waals surface area contributed by atoms with Crippen LogP contribution < -0.4 is 10.3 Å². The summed E-state index contributed by atoms with van der Waals surface area (Å²) in [6.07, 6.45) is 4.24. The predicted octanol–water partition coefficient (Wildman–Crippen LogP) is 5.08. The van der Waals surface area contributed by atoms with E-state index in [0.717, 1.165) is 58.2 Å². The molecule has 142 valence electrons. The molecule has 0 spiro atoms. The van der Waals surface area contributed by atoms with Crippen LogP contribution in [0.5, 0.6) is 5.75 Å². The van der Waals surface area contributed by atoms with Crippen molar-refractivity contribution in [2.24, 2.45) is 5.92 Å². The van der Waals surface area contributed by atoms with Gasteiger partial charge in [0.25, 0.3) is 5.56 Å². The third kappa shape index (κ3) is 3.41. The van der Waals surface area contributed by atoms with Crippen molar-refractivity contribution in [3.63, 3.8) is 0 Å². The summed E-state index contributed by atoms with van der Waals surface area (Å²) in [6, 6.07) is 7.66. The van der Waals surface area contributed by atoms with Crippen LogP contribution in [0.2, 0.25) is 0 Å². The third-order valence-corrected chi connectivity index (χ3v) is 7.36. The van der Waals surface area contributed by atoms with E-state index in [-0.39, 0.29) is 5.56 Å². The van der Waals surface area contributed by atoms with E-state index >= 15 is 0 Å². The Labute approximate surface area is 167 Å². The summed E-state index contributed by atoms with van der Waals surface area (Å²) in [5.74, 6) is 2.41. The monoisotopic (exact) mass is 400 g/mol. The number of aromatic nitrogens is 2. The first-order valence-electron chi connectivity index (χ1n) is 9.47. The number of fused-ring (bicyclic) bond motifs is 3. The fourth-order valence-electron chi connectivity index (χ4n) is 3.62. The van der Waals surface area contributed by atoms with Crippen LogP contribution in [0.15, 0.2) is 34.2 Å². The predicted molar refractivity (Wildman–Crippen MR) is 114 cm³/mol. The van der Waals surface area contributed by atoms with Gasteiger partial charge in [0.1, 0.15) is 10.6 Å². The lowest BCUT2D eigenvalue weighted by molar-refractivity contribution is 0.414. The van der Waals surface area contributed by atoms with Gasteiger partial charge in [0.2, 0.25) is 0 Å². The van der Waals surface area contributed by atoms with Gasteiger partial charge in [0.05, 0.1) is 18.2 Å². The lowest BCUT2D eigenvalue weighted by Gasteiger charge is -2.18. The first-order chi connectivity index (χ1) is 13.1. The third-order valence-electron chi connectivity index (χ3n) is 5.06. The molecule has 1 aliphatic rings. The zero-order valence-electron chi connectivity index (χ0n) is 15.9. The number of thiophene rings is 1. The van der Waals surface area contributed by atoms with Gasteiger partial charge in [0.15, 0.2) is 5.16 Å². The van der Waals surface area contributed by atoms with Crippen molar-refractivity contribution in [1.29, 1.82) is 0 Å². The Bertz CT molecular complexity index is 1020. The highest BCUT2D eigenvalue weighted by atomic mass is 32.2. The van der Waals surface area contributed by atoms with Crippen LogP contribution in [-0.4, -0.2) is 22.4 Å². The molecule has 3 aromatic rings. The molecule has 4 nitrogen and oxygen atoms in total. The number of hydrogen-bond donors (Lipinski definition) is 0. The molecular weight excluding hydrogens is 376 g/mol. The number of rotatable bonds is 5. The molecule has 0 aliphatic heterocycles. The quantitative estimate of drug-likeness (QED) is 0.442. The highest BCUT2D eigenvalue weighted by molar-refractivity contribution is 7.99. The molecule has 2 heterocycles. The zero-order valence-corrected chi connectivity index (χ0v) is 17.6. The molecule has 1 aliphatic carbocycles. The Morgan fingerprint density at radius 2 is 2.11 bits per heavy atom. The average Bonchev–Trinajstić information content (AvgIpc) is 3.04. The Kier molecular flexibility index (Phi) is 5.28.